The molecule has 6 heteroatoms. The van der Waals surface area contributed by atoms with Crippen molar-refractivity contribution in [2.75, 3.05) is 22.9 Å². The molecule has 0 radical (unpaired) electrons. The molecule has 2 aliphatic rings. The van der Waals surface area contributed by atoms with E-state index >= 15 is 0 Å². The number of carbonyl (C=O) groups excluding carboxylic acids is 3. The average Bonchev–Trinajstić information content (AvgIpc) is 2.83. The first-order valence-corrected chi connectivity index (χ1v) is 7.18. The van der Waals surface area contributed by atoms with Gasteiger partial charge in [0.1, 0.15) is 0 Å². The predicted octanol–water partition coefficient (Wildman–Crippen LogP) is 1.65. The maximum Gasteiger partial charge on any atom is 0.321 e. The number of urea groups is 1. The Morgan fingerprint density at radius 1 is 0.857 bits per heavy atom. The number of benzene rings is 1. The van der Waals surface area contributed by atoms with Crippen molar-refractivity contribution in [3.8, 4) is 0 Å². The zero-order chi connectivity index (χ0) is 14.8. The number of nitrogens with one attached hydrogen (secondary N) is 1. The van der Waals surface area contributed by atoms with E-state index in [2.05, 4.69) is 5.32 Å². The molecule has 6 nitrogen and oxygen atoms in total. The van der Waals surface area contributed by atoms with Gasteiger partial charge in [0.15, 0.2) is 0 Å². The molecule has 0 saturated carbocycles. The van der Waals surface area contributed by atoms with Crippen LogP contribution in [0.1, 0.15) is 25.7 Å². The van der Waals surface area contributed by atoms with Crippen molar-refractivity contribution in [2.24, 2.45) is 0 Å². The zero-order valence-corrected chi connectivity index (χ0v) is 11.7. The van der Waals surface area contributed by atoms with Crippen LogP contribution in [-0.4, -0.2) is 30.9 Å². The van der Waals surface area contributed by atoms with Crippen LogP contribution in [0.25, 0.3) is 0 Å². The Balaban J connectivity index is 1.84. The molecule has 1 aromatic rings. The molecular formula is C15H17N3O3. The van der Waals surface area contributed by atoms with Gasteiger partial charge in [-0.1, -0.05) is 0 Å². The van der Waals surface area contributed by atoms with E-state index in [-0.39, 0.29) is 17.8 Å². The molecule has 0 aliphatic carbocycles. The van der Waals surface area contributed by atoms with Crippen molar-refractivity contribution >= 4 is 29.2 Å². The largest absolute Gasteiger partial charge is 0.336 e. The molecule has 0 bridgehead atoms. The molecule has 3 rings (SSSR count). The van der Waals surface area contributed by atoms with Crippen molar-refractivity contribution in [2.45, 2.75) is 25.7 Å². The van der Waals surface area contributed by atoms with E-state index < -0.39 is 0 Å². The van der Waals surface area contributed by atoms with Gasteiger partial charge in [0.25, 0.3) is 0 Å². The summed E-state index contributed by atoms with van der Waals surface area (Å²) in [6, 6.07) is 6.87. The number of amides is 4. The van der Waals surface area contributed by atoms with Gasteiger partial charge in [-0.3, -0.25) is 19.4 Å². The van der Waals surface area contributed by atoms with Crippen LogP contribution in [0.15, 0.2) is 24.3 Å². The standard InChI is InChI=1S/C15H17N3O3/c19-13-3-1-2-4-14(20)18(13)12-7-5-11(6-8-12)17-10-9-16-15(17)21/h5-8H,1-4,9-10H2,(H,16,21). The number of hydrogen-bond acceptors (Lipinski definition) is 3. The fourth-order valence-electron chi connectivity index (χ4n) is 2.70. The van der Waals surface area contributed by atoms with Crippen LogP contribution in [0, 0.1) is 0 Å². The second-order valence-corrected chi connectivity index (χ2v) is 5.23. The van der Waals surface area contributed by atoms with Crippen molar-refractivity contribution in [1.29, 1.82) is 0 Å². The lowest BCUT2D eigenvalue weighted by molar-refractivity contribution is -0.125. The smallest absolute Gasteiger partial charge is 0.321 e. The van der Waals surface area contributed by atoms with Gasteiger partial charge in [0.05, 0.1) is 5.69 Å². The van der Waals surface area contributed by atoms with Crippen LogP contribution in [0.5, 0.6) is 0 Å². The molecule has 21 heavy (non-hydrogen) atoms. The molecule has 1 aromatic carbocycles. The van der Waals surface area contributed by atoms with Crippen LogP contribution in [0.2, 0.25) is 0 Å². The normalized spacial score (nSPS) is 19.7. The van der Waals surface area contributed by atoms with Gasteiger partial charge in [-0.15, -0.1) is 0 Å². The summed E-state index contributed by atoms with van der Waals surface area (Å²) in [6.07, 6.45) is 2.32. The highest BCUT2D eigenvalue weighted by Gasteiger charge is 2.26. The maximum absolute atomic E-state index is 12.0. The van der Waals surface area contributed by atoms with Crippen LogP contribution in [0.3, 0.4) is 0 Å². The Morgan fingerprint density at radius 3 is 1.95 bits per heavy atom. The third-order valence-corrected chi connectivity index (χ3v) is 3.81. The number of nitrogens with zero attached hydrogens (tertiary/aromatic N) is 2. The Hall–Kier alpha value is -2.37. The van der Waals surface area contributed by atoms with E-state index in [1.807, 2.05) is 0 Å². The fourth-order valence-corrected chi connectivity index (χ4v) is 2.70. The summed E-state index contributed by atoms with van der Waals surface area (Å²) in [4.78, 5) is 38.6. The summed E-state index contributed by atoms with van der Waals surface area (Å²) in [5, 5.41) is 2.74. The summed E-state index contributed by atoms with van der Waals surface area (Å²) in [5.41, 5.74) is 1.35. The van der Waals surface area contributed by atoms with Crippen LogP contribution >= 0.6 is 0 Å². The second-order valence-electron chi connectivity index (χ2n) is 5.23. The quantitative estimate of drug-likeness (QED) is 0.841. The molecule has 0 aromatic heterocycles. The minimum atomic E-state index is -0.149. The first-order chi connectivity index (χ1) is 10.2. The van der Waals surface area contributed by atoms with Crippen molar-refractivity contribution in [3.05, 3.63) is 24.3 Å². The molecule has 2 saturated heterocycles. The van der Waals surface area contributed by atoms with Gasteiger partial charge in [0.2, 0.25) is 11.8 Å². The van der Waals surface area contributed by atoms with Gasteiger partial charge >= 0.3 is 6.03 Å². The van der Waals surface area contributed by atoms with E-state index in [0.29, 0.717) is 31.6 Å². The molecule has 2 fully saturated rings. The first kappa shape index (κ1) is 13.6. The van der Waals surface area contributed by atoms with E-state index in [0.717, 1.165) is 18.5 Å². The lowest BCUT2D eigenvalue weighted by Crippen LogP contribution is -2.35. The minimum Gasteiger partial charge on any atom is -0.336 e. The number of carbonyl (C=O) groups is 3. The first-order valence-electron chi connectivity index (χ1n) is 7.18. The van der Waals surface area contributed by atoms with Gasteiger partial charge in [-0.05, 0) is 37.1 Å². The number of rotatable bonds is 2. The highest BCUT2D eigenvalue weighted by molar-refractivity contribution is 6.15. The fraction of sp³-hybridized carbons (Fsp3) is 0.400. The predicted molar refractivity (Wildman–Crippen MR) is 78.1 cm³/mol. The highest BCUT2D eigenvalue weighted by atomic mass is 16.2. The van der Waals surface area contributed by atoms with Gasteiger partial charge in [0, 0.05) is 31.6 Å². The SMILES string of the molecule is O=C1NCCN1c1ccc(N2C(=O)CCCCC2=O)cc1. The third kappa shape index (κ3) is 2.61. The Morgan fingerprint density at radius 2 is 1.43 bits per heavy atom. The second kappa shape index (κ2) is 5.55. The van der Waals surface area contributed by atoms with Crippen molar-refractivity contribution in [1.82, 2.24) is 5.32 Å². The molecule has 0 unspecified atom stereocenters. The van der Waals surface area contributed by atoms with E-state index in [1.54, 1.807) is 29.2 Å². The van der Waals surface area contributed by atoms with Crippen molar-refractivity contribution in [3.63, 3.8) is 0 Å². The third-order valence-electron chi connectivity index (χ3n) is 3.81. The number of imide groups is 1. The molecular weight excluding hydrogens is 270 g/mol. The molecule has 1 N–H and O–H groups in total. The molecule has 2 heterocycles. The van der Waals surface area contributed by atoms with Crippen LogP contribution in [-0.2, 0) is 9.59 Å². The van der Waals surface area contributed by atoms with Gasteiger partial charge < -0.3 is 5.32 Å². The monoisotopic (exact) mass is 287 g/mol. The van der Waals surface area contributed by atoms with Gasteiger partial charge in [-0.2, -0.15) is 0 Å². The summed E-state index contributed by atoms with van der Waals surface area (Å²) in [5.74, 6) is -0.298. The van der Waals surface area contributed by atoms with E-state index in [4.69, 9.17) is 0 Å². The Kier molecular flexibility index (Phi) is 3.60. The maximum atomic E-state index is 12.0. The number of hydrogen-bond donors (Lipinski definition) is 1. The summed E-state index contributed by atoms with van der Waals surface area (Å²) in [6.45, 7) is 1.25. The van der Waals surface area contributed by atoms with Crippen molar-refractivity contribution < 1.29 is 14.4 Å². The van der Waals surface area contributed by atoms with E-state index in [9.17, 15) is 14.4 Å². The topological polar surface area (TPSA) is 69.7 Å². The Labute approximate surface area is 122 Å². The summed E-state index contributed by atoms with van der Waals surface area (Å²) >= 11 is 0. The average molecular weight is 287 g/mol. The van der Waals surface area contributed by atoms with Gasteiger partial charge in [-0.25, -0.2) is 4.79 Å². The lowest BCUT2D eigenvalue weighted by Gasteiger charge is -2.20. The molecule has 0 atom stereocenters. The lowest BCUT2D eigenvalue weighted by atomic mass is 10.2. The number of anilines is 2. The molecule has 4 amide bonds. The molecule has 2 aliphatic heterocycles. The van der Waals surface area contributed by atoms with Crippen LogP contribution in [0.4, 0.5) is 16.2 Å². The molecule has 0 spiro atoms. The van der Waals surface area contributed by atoms with Crippen LogP contribution < -0.4 is 15.1 Å². The summed E-state index contributed by atoms with van der Waals surface area (Å²) < 4.78 is 0. The molecule has 110 valence electrons. The minimum absolute atomic E-state index is 0.121. The zero-order valence-electron chi connectivity index (χ0n) is 11.7. The Bertz CT molecular complexity index is 564. The summed E-state index contributed by atoms with van der Waals surface area (Å²) in [7, 11) is 0. The highest BCUT2D eigenvalue weighted by Crippen LogP contribution is 2.25. The van der Waals surface area contributed by atoms with E-state index in [1.165, 1.54) is 4.90 Å².